The van der Waals surface area contributed by atoms with E-state index in [1.807, 2.05) is 0 Å². The van der Waals surface area contributed by atoms with E-state index in [9.17, 15) is 0 Å². The molecule has 0 aromatic carbocycles. The zero-order valence-corrected chi connectivity index (χ0v) is 16.1. The zero-order valence-electron chi connectivity index (χ0n) is 16.1. The van der Waals surface area contributed by atoms with Crippen LogP contribution in [0.1, 0.15) is 58.8 Å². The molecule has 3 fully saturated rings. The van der Waals surface area contributed by atoms with Crippen LogP contribution in [0.4, 0.5) is 0 Å². The molecule has 0 atom stereocenters. The van der Waals surface area contributed by atoms with E-state index in [0.29, 0.717) is 5.41 Å². The van der Waals surface area contributed by atoms with Crippen molar-refractivity contribution in [3.05, 3.63) is 0 Å². The van der Waals surface area contributed by atoms with Crippen LogP contribution in [0.5, 0.6) is 0 Å². The van der Waals surface area contributed by atoms with Crippen LogP contribution < -0.4 is 0 Å². The molecule has 1 spiro atoms. The summed E-state index contributed by atoms with van der Waals surface area (Å²) in [5.41, 5.74) is 1.45. The first-order valence-corrected chi connectivity index (χ1v) is 10.1. The van der Waals surface area contributed by atoms with Gasteiger partial charge < -0.3 is 9.80 Å². The maximum Gasteiger partial charge on any atom is 0.0112 e. The van der Waals surface area contributed by atoms with E-state index >= 15 is 0 Å². The Hall–Kier alpha value is -0.120. The summed E-state index contributed by atoms with van der Waals surface area (Å²) in [5.74, 6) is 0. The number of hydrogen-bond donors (Lipinski definition) is 0. The van der Waals surface area contributed by atoms with Crippen LogP contribution >= 0.6 is 0 Å². The standard InChI is InChI=1S/C20H39N3/c1-5-19(11-12-19)15-22-16-20(17-22)9-7-18(8-10-20)23(6-2)14-13-21(3)4/h18H,5-17H2,1-4H3. The lowest BCUT2D eigenvalue weighted by Crippen LogP contribution is -2.60. The lowest BCUT2D eigenvalue weighted by Gasteiger charge is -2.55. The highest BCUT2D eigenvalue weighted by molar-refractivity contribution is 5.03. The summed E-state index contributed by atoms with van der Waals surface area (Å²) < 4.78 is 0. The van der Waals surface area contributed by atoms with Crippen LogP contribution in [0.3, 0.4) is 0 Å². The molecule has 2 aliphatic carbocycles. The second-order valence-electron chi connectivity index (χ2n) is 9.16. The fourth-order valence-corrected chi connectivity index (χ4v) is 5.11. The summed E-state index contributed by atoms with van der Waals surface area (Å²) >= 11 is 0. The average molecular weight is 322 g/mol. The van der Waals surface area contributed by atoms with Gasteiger partial charge >= 0.3 is 0 Å². The first kappa shape index (κ1) is 17.7. The van der Waals surface area contributed by atoms with Gasteiger partial charge in [-0.25, -0.2) is 0 Å². The third-order valence-corrected chi connectivity index (χ3v) is 7.16. The van der Waals surface area contributed by atoms with Gasteiger partial charge in [0.1, 0.15) is 0 Å². The van der Waals surface area contributed by atoms with Gasteiger partial charge in [0.2, 0.25) is 0 Å². The van der Waals surface area contributed by atoms with Crippen molar-refractivity contribution in [2.24, 2.45) is 10.8 Å². The third kappa shape index (κ3) is 4.11. The minimum atomic E-state index is 0.710. The lowest BCUT2D eigenvalue weighted by atomic mass is 9.67. The van der Waals surface area contributed by atoms with E-state index in [1.54, 1.807) is 0 Å². The molecular weight excluding hydrogens is 282 g/mol. The molecule has 3 nitrogen and oxygen atoms in total. The molecule has 0 radical (unpaired) electrons. The van der Waals surface area contributed by atoms with Crippen molar-refractivity contribution in [2.75, 3.05) is 53.4 Å². The van der Waals surface area contributed by atoms with E-state index < -0.39 is 0 Å². The summed E-state index contributed by atoms with van der Waals surface area (Å²) in [6.07, 6.45) is 10.2. The maximum atomic E-state index is 2.78. The second kappa shape index (κ2) is 7.01. The van der Waals surface area contributed by atoms with Gasteiger partial charge in [0.05, 0.1) is 0 Å². The Morgan fingerprint density at radius 2 is 1.61 bits per heavy atom. The second-order valence-corrected chi connectivity index (χ2v) is 9.16. The minimum absolute atomic E-state index is 0.710. The van der Waals surface area contributed by atoms with Crippen molar-refractivity contribution >= 4 is 0 Å². The molecule has 1 saturated heterocycles. The summed E-state index contributed by atoms with van der Waals surface area (Å²) in [5, 5.41) is 0. The monoisotopic (exact) mass is 321 g/mol. The molecule has 0 amide bonds. The van der Waals surface area contributed by atoms with Crippen LogP contribution in [0.15, 0.2) is 0 Å². The summed E-state index contributed by atoms with van der Waals surface area (Å²) in [6, 6.07) is 0.852. The van der Waals surface area contributed by atoms with Crippen molar-refractivity contribution < 1.29 is 0 Å². The molecule has 23 heavy (non-hydrogen) atoms. The van der Waals surface area contributed by atoms with E-state index in [-0.39, 0.29) is 0 Å². The average Bonchev–Trinajstić information content (AvgIpc) is 3.28. The Labute approximate surface area is 144 Å². The lowest BCUT2D eigenvalue weighted by molar-refractivity contribution is -0.0544. The van der Waals surface area contributed by atoms with E-state index in [4.69, 9.17) is 0 Å². The van der Waals surface area contributed by atoms with Crippen LogP contribution in [0, 0.1) is 10.8 Å². The molecule has 1 aliphatic heterocycles. The Morgan fingerprint density at radius 3 is 2.09 bits per heavy atom. The number of likely N-dealkylation sites (tertiary alicyclic amines) is 1. The fourth-order valence-electron chi connectivity index (χ4n) is 5.11. The van der Waals surface area contributed by atoms with E-state index in [1.165, 1.54) is 84.2 Å². The summed E-state index contributed by atoms with van der Waals surface area (Å²) in [7, 11) is 4.38. The smallest absolute Gasteiger partial charge is 0.0112 e. The maximum absolute atomic E-state index is 2.78. The largest absolute Gasteiger partial charge is 0.308 e. The molecule has 0 aromatic heterocycles. The van der Waals surface area contributed by atoms with Crippen molar-refractivity contribution in [2.45, 2.75) is 64.8 Å². The van der Waals surface area contributed by atoms with Gasteiger partial charge in [0.25, 0.3) is 0 Å². The topological polar surface area (TPSA) is 9.72 Å². The minimum Gasteiger partial charge on any atom is -0.308 e. The first-order chi connectivity index (χ1) is 11.0. The van der Waals surface area contributed by atoms with Gasteiger partial charge in [-0.3, -0.25) is 4.90 Å². The predicted molar refractivity (Wildman–Crippen MR) is 98.9 cm³/mol. The van der Waals surface area contributed by atoms with Gasteiger partial charge in [-0.05, 0) is 76.4 Å². The number of hydrogen-bond acceptors (Lipinski definition) is 3. The molecule has 134 valence electrons. The van der Waals surface area contributed by atoms with Crippen molar-refractivity contribution in [3.63, 3.8) is 0 Å². The Bertz CT molecular complexity index is 372. The highest BCUT2D eigenvalue weighted by Crippen LogP contribution is 2.52. The fraction of sp³-hybridized carbons (Fsp3) is 1.00. The molecule has 1 heterocycles. The molecule has 0 N–H and O–H groups in total. The Morgan fingerprint density at radius 1 is 0.957 bits per heavy atom. The molecular formula is C20H39N3. The number of likely N-dealkylation sites (N-methyl/N-ethyl adjacent to an activating group) is 2. The highest BCUT2D eigenvalue weighted by atomic mass is 15.2. The Kier molecular flexibility index (Phi) is 5.40. The van der Waals surface area contributed by atoms with E-state index in [2.05, 4.69) is 42.6 Å². The molecule has 3 heteroatoms. The van der Waals surface area contributed by atoms with Crippen LogP contribution in [-0.2, 0) is 0 Å². The van der Waals surface area contributed by atoms with Crippen LogP contribution in [-0.4, -0.2) is 74.1 Å². The molecule has 0 bridgehead atoms. The molecule has 2 saturated carbocycles. The molecule has 0 aromatic rings. The SMILES string of the molecule is CCN(CCN(C)C)C1CCC2(CC1)CN(CC1(CC)CC1)C2. The Balaban J connectivity index is 1.40. The summed E-state index contributed by atoms with van der Waals surface area (Å²) in [4.78, 5) is 7.83. The first-order valence-electron chi connectivity index (χ1n) is 10.1. The highest BCUT2D eigenvalue weighted by Gasteiger charge is 2.50. The summed E-state index contributed by atoms with van der Waals surface area (Å²) in [6.45, 7) is 12.6. The van der Waals surface area contributed by atoms with Crippen molar-refractivity contribution in [1.82, 2.24) is 14.7 Å². The number of rotatable bonds is 8. The van der Waals surface area contributed by atoms with Gasteiger partial charge in [0, 0.05) is 38.8 Å². The van der Waals surface area contributed by atoms with Crippen molar-refractivity contribution in [1.29, 1.82) is 0 Å². The van der Waals surface area contributed by atoms with Crippen molar-refractivity contribution in [3.8, 4) is 0 Å². The molecule has 3 aliphatic rings. The predicted octanol–water partition coefficient (Wildman–Crippen LogP) is 3.30. The quantitative estimate of drug-likeness (QED) is 0.679. The van der Waals surface area contributed by atoms with Gasteiger partial charge in [0.15, 0.2) is 0 Å². The zero-order chi connectivity index (χ0) is 16.5. The van der Waals surface area contributed by atoms with Gasteiger partial charge in [-0.15, -0.1) is 0 Å². The van der Waals surface area contributed by atoms with Gasteiger partial charge in [-0.2, -0.15) is 0 Å². The van der Waals surface area contributed by atoms with E-state index in [0.717, 1.165) is 11.5 Å². The molecule has 0 unspecified atom stereocenters. The normalized spacial score (nSPS) is 26.9. The molecule has 3 rings (SSSR count). The number of nitrogens with zero attached hydrogens (tertiary/aromatic N) is 3. The van der Waals surface area contributed by atoms with Crippen LogP contribution in [0.2, 0.25) is 0 Å². The van der Waals surface area contributed by atoms with Crippen LogP contribution in [0.25, 0.3) is 0 Å². The van der Waals surface area contributed by atoms with Gasteiger partial charge in [-0.1, -0.05) is 13.8 Å². The third-order valence-electron chi connectivity index (χ3n) is 7.16.